The van der Waals surface area contributed by atoms with Crippen LogP contribution >= 0.6 is 0 Å². The van der Waals surface area contributed by atoms with Gasteiger partial charge in [-0.15, -0.1) is 0 Å². The standard InChI is InChI=1S/C30H35FN8O3/c1-17-28-25(36-30(32)33-17)12-24(21-8-7-20(31)11-22(21)23-5-4-6-26(34-23)41-3)35-29(28)37-42-27(40)16-39-10-9-18-13-38(2)14-19(18)15-39/h4-8,11,18-19,24H,9-10,12-16H2,1-3H3,(H,35,37)(H2,32,33,36)/t18?,19?,24-/m1/s1. The lowest BCUT2D eigenvalue weighted by Crippen LogP contribution is -2.44. The Kier molecular flexibility index (Phi) is 7.74. The van der Waals surface area contributed by atoms with Gasteiger partial charge in [-0.1, -0.05) is 12.1 Å². The fraction of sp³-hybridized carbons (Fsp3) is 0.433. The Morgan fingerprint density at radius 3 is 2.81 bits per heavy atom. The first-order valence-electron chi connectivity index (χ1n) is 14.2. The van der Waals surface area contributed by atoms with E-state index in [1.807, 2.05) is 6.92 Å². The molecule has 3 aliphatic heterocycles. The summed E-state index contributed by atoms with van der Waals surface area (Å²) in [6.45, 7) is 5.93. The minimum absolute atomic E-state index is 0.137. The number of nitrogens with zero attached hydrogens (tertiary/aromatic N) is 6. The summed E-state index contributed by atoms with van der Waals surface area (Å²) in [6.07, 6.45) is 1.47. The van der Waals surface area contributed by atoms with E-state index in [1.54, 1.807) is 24.3 Å². The molecule has 0 bridgehead atoms. The van der Waals surface area contributed by atoms with Gasteiger partial charge in [-0.05, 0) is 62.5 Å². The van der Waals surface area contributed by atoms with Crippen molar-refractivity contribution in [2.45, 2.75) is 25.8 Å². The van der Waals surface area contributed by atoms with E-state index in [0.29, 0.717) is 58.2 Å². The number of rotatable bonds is 5. The lowest BCUT2D eigenvalue weighted by atomic mass is 9.89. The first kappa shape index (κ1) is 28.0. The summed E-state index contributed by atoms with van der Waals surface area (Å²) in [7, 11) is 3.68. The SMILES string of the molecule is COc1cccc(-c2cc(F)ccc2[C@H]2Cc3nc(N)nc(C)c3C(NOC(=O)CN3CCC4CN(C)CC4C3)=N2)n1. The Balaban J connectivity index is 1.26. The number of ether oxygens (including phenoxy) is 1. The maximum absolute atomic E-state index is 14.5. The van der Waals surface area contributed by atoms with E-state index < -0.39 is 17.8 Å². The van der Waals surface area contributed by atoms with Crippen LogP contribution in [-0.4, -0.2) is 83.4 Å². The number of methoxy groups -OCH3 is 1. The smallest absolute Gasteiger partial charge is 0.346 e. The van der Waals surface area contributed by atoms with Crippen LogP contribution in [0.2, 0.25) is 0 Å². The second-order valence-corrected chi connectivity index (χ2v) is 11.3. The molecule has 2 aromatic heterocycles. The van der Waals surface area contributed by atoms with Crippen molar-refractivity contribution in [3.05, 3.63) is 64.7 Å². The summed E-state index contributed by atoms with van der Waals surface area (Å²) in [5, 5.41) is 0. The summed E-state index contributed by atoms with van der Waals surface area (Å²) in [6, 6.07) is 9.34. The van der Waals surface area contributed by atoms with E-state index in [4.69, 9.17) is 20.3 Å². The van der Waals surface area contributed by atoms with Crippen LogP contribution in [0.15, 0.2) is 41.4 Å². The number of halogens is 1. The monoisotopic (exact) mass is 574 g/mol. The number of hydrogen-bond donors (Lipinski definition) is 2. The fourth-order valence-electron chi connectivity index (χ4n) is 6.48. The third-order valence-corrected chi connectivity index (χ3v) is 8.36. The van der Waals surface area contributed by atoms with Gasteiger partial charge in [0.1, 0.15) is 5.82 Å². The molecule has 0 amide bonds. The molecular formula is C30H35FN8O3. The number of aromatic nitrogens is 3. The van der Waals surface area contributed by atoms with Gasteiger partial charge < -0.3 is 20.2 Å². The Hall–Kier alpha value is -4.16. The third kappa shape index (κ3) is 5.77. The quantitative estimate of drug-likeness (QED) is 0.439. The zero-order chi connectivity index (χ0) is 29.4. The Morgan fingerprint density at radius 1 is 1.14 bits per heavy atom. The van der Waals surface area contributed by atoms with E-state index in [0.717, 1.165) is 38.2 Å². The van der Waals surface area contributed by atoms with Crippen molar-refractivity contribution in [2.75, 3.05) is 52.6 Å². The first-order chi connectivity index (χ1) is 20.3. The van der Waals surface area contributed by atoms with E-state index in [-0.39, 0.29) is 12.5 Å². The number of nitrogens with one attached hydrogen (secondary N) is 1. The number of amidine groups is 1. The van der Waals surface area contributed by atoms with Crippen LogP contribution in [0.4, 0.5) is 10.3 Å². The highest BCUT2D eigenvalue weighted by atomic mass is 19.1. The van der Waals surface area contributed by atoms with Gasteiger partial charge in [0.2, 0.25) is 11.8 Å². The highest BCUT2D eigenvalue weighted by Crippen LogP contribution is 2.36. The largest absolute Gasteiger partial charge is 0.481 e. The Morgan fingerprint density at radius 2 is 1.98 bits per heavy atom. The summed E-state index contributed by atoms with van der Waals surface area (Å²) in [4.78, 5) is 41.3. The Labute approximate surface area is 243 Å². The second-order valence-electron chi connectivity index (χ2n) is 11.3. The van der Waals surface area contributed by atoms with Crippen LogP contribution in [0.5, 0.6) is 5.88 Å². The molecule has 3 N–H and O–H groups in total. The minimum Gasteiger partial charge on any atom is -0.481 e. The van der Waals surface area contributed by atoms with Gasteiger partial charge in [-0.3, -0.25) is 9.89 Å². The van der Waals surface area contributed by atoms with Gasteiger partial charge in [0, 0.05) is 37.7 Å². The molecule has 3 aromatic rings. The normalized spacial score (nSPS) is 22.2. The van der Waals surface area contributed by atoms with Crippen molar-refractivity contribution >= 4 is 17.8 Å². The predicted octanol–water partition coefficient (Wildman–Crippen LogP) is 2.55. The van der Waals surface area contributed by atoms with E-state index >= 15 is 0 Å². The van der Waals surface area contributed by atoms with Gasteiger partial charge in [0.15, 0.2) is 5.84 Å². The van der Waals surface area contributed by atoms with E-state index in [1.165, 1.54) is 19.2 Å². The van der Waals surface area contributed by atoms with Crippen LogP contribution < -0.4 is 16.0 Å². The van der Waals surface area contributed by atoms with Crippen molar-refractivity contribution in [3.8, 4) is 17.1 Å². The fourth-order valence-corrected chi connectivity index (χ4v) is 6.48. The molecule has 42 heavy (non-hydrogen) atoms. The summed E-state index contributed by atoms with van der Waals surface area (Å²) < 4.78 is 19.8. The molecular weight excluding hydrogens is 539 g/mol. The van der Waals surface area contributed by atoms with Crippen LogP contribution in [0.3, 0.4) is 0 Å². The molecule has 11 nitrogen and oxygen atoms in total. The van der Waals surface area contributed by atoms with E-state index in [2.05, 4.69) is 37.3 Å². The molecule has 0 spiro atoms. The second kappa shape index (κ2) is 11.6. The number of anilines is 1. The number of nitrogen functional groups attached to an aromatic ring is 1. The first-order valence-corrected chi connectivity index (χ1v) is 14.2. The molecule has 12 heteroatoms. The summed E-state index contributed by atoms with van der Waals surface area (Å²) in [5.41, 5.74) is 12.5. The molecule has 2 saturated heterocycles. The van der Waals surface area contributed by atoms with Gasteiger partial charge in [0.25, 0.3) is 0 Å². The molecule has 0 aliphatic carbocycles. The minimum atomic E-state index is -0.491. The number of likely N-dealkylation sites (tertiary alicyclic amines) is 2. The van der Waals surface area contributed by atoms with Gasteiger partial charge >= 0.3 is 5.97 Å². The van der Waals surface area contributed by atoms with Crippen molar-refractivity contribution in [2.24, 2.45) is 16.8 Å². The van der Waals surface area contributed by atoms with Crippen molar-refractivity contribution < 1.29 is 18.8 Å². The van der Waals surface area contributed by atoms with Crippen molar-refractivity contribution in [1.82, 2.24) is 30.2 Å². The topological polar surface area (TPSA) is 131 Å². The number of benzene rings is 1. The molecule has 3 aliphatic rings. The van der Waals surface area contributed by atoms with Crippen LogP contribution in [0.25, 0.3) is 11.3 Å². The molecule has 220 valence electrons. The number of piperidine rings is 1. The average molecular weight is 575 g/mol. The Bertz CT molecular complexity index is 1530. The molecule has 2 unspecified atom stereocenters. The van der Waals surface area contributed by atoms with Crippen molar-refractivity contribution in [1.29, 1.82) is 0 Å². The number of carbonyl (C=O) groups is 1. The number of fused-ring (bicyclic) bond motifs is 2. The number of aliphatic imine (C=N–C) groups is 1. The number of hydrogen-bond acceptors (Lipinski definition) is 11. The van der Waals surface area contributed by atoms with Crippen LogP contribution in [0, 0.1) is 24.6 Å². The molecule has 2 fully saturated rings. The molecule has 6 rings (SSSR count). The number of aryl methyl sites for hydroxylation is 1. The maximum atomic E-state index is 14.5. The summed E-state index contributed by atoms with van der Waals surface area (Å²) in [5.74, 6) is 1.34. The number of nitrogens with two attached hydrogens (primary N) is 1. The number of hydroxylamine groups is 1. The average Bonchev–Trinajstić information content (AvgIpc) is 3.34. The lowest BCUT2D eigenvalue weighted by Gasteiger charge is -2.33. The van der Waals surface area contributed by atoms with Gasteiger partial charge in [0.05, 0.1) is 42.3 Å². The molecule has 5 heterocycles. The van der Waals surface area contributed by atoms with Crippen LogP contribution in [0.1, 0.15) is 35.0 Å². The lowest BCUT2D eigenvalue weighted by molar-refractivity contribution is -0.149. The highest BCUT2D eigenvalue weighted by molar-refractivity contribution is 6.01. The van der Waals surface area contributed by atoms with Gasteiger partial charge in [-0.25, -0.2) is 24.1 Å². The molecule has 0 radical (unpaired) electrons. The third-order valence-electron chi connectivity index (χ3n) is 8.36. The van der Waals surface area contributed by atoms with Crippen molar-refractivity contribution in [3.63, 3.8) is 0 Å². The van der Waals surface area contributed by atoms with E-state index in [9.17, 15) is 9.18 Å². The maximum Gasteiger partial charge on any atom is 0.346 e. The molecule has 1 aromatic carbocycles. The predicted molar refractivity (Wildman–Crippen MR) is 155 cm³/mol. The zero-order valence-corrected chi connectivity index (χ0v) is 24.0. The summed E-state index contributed by atoms with van der Waals surface area (Å²) >= 11 is 0. The van der Waals surface area contributed by atoms with Crippen LogP contribution in [-0.2, 0) is 16.1 Å². The van der Waals surface area contributed by atoms with Gasteiger partial charge in [-0.2, -0.15) is 5.48 Å². The molecule has 0 saturated carbocycles. The highest BCUT2D eigenvalue weighted by Gasteiger charge is 2.36. The number of carbonyl (C=O) groups excluding carboxylic acids is 1. The number of pyridine rings is 1. The molecule has 3 atom stereocenters. The zero-order valence-electron chi connectivity index (χ0n) is 24.0.